The van der Waals surface area contributed by atoms with Crippen LogP contribution in [0.15, 0.2) is 48.8 Å². The molecule has 0 saturated carbocycles. The first-order valence-corrected chi connectivity index (χ1v) is 12.0. The van der Waals surface area contributed by atoms with Crippen LogP contribution in [0.2, 0.25) is 0 Å². The molecule has 3 aliphatic rings. The maximum Gasteiger partial charge on any atom is 0.227 e. The van der Waals surface area contributed by atoms with Gasteiger partial charge in [-0.05, 0) is 50.2 Å². The standard InChI is InChI=1S/C26H30N6O2/c1-25(2)17-26(9-15-33-25)22-21(20-4-3-10-28-23(20)34-26)16-29-24(31-22)30-18-5-7-19(8-6-18)32-13-11-27-12-14-32/h3-8,10,16,27H,9,11-15,17H2,1-2H3,(H,29,30,31). The van der Waals surface area contributed by atoms with E-state index in [9.17, 15) is 0 Å². The molecule has 0 radical (unpaired) electrons. The average molecular weight is 459 g/mol. The Bertz CT molecular complexity index is 1190. The fraction of sp³-hybridized carbons (Fsp3) is 0.423. The number of nitrogens with one attached hydrogen (secondary N) is 2. The zero-order valence-corrected chi connectivity index (χ0v) is 19.7. The molecule has 5 heterocycles. The number of rotatable bonds is 3. The summed E-state index contributed by atoms with van der Waals surface area (Å²) >= 11 is 0. The van der Waals surface area contributed by atoms with Crippen molar-refractivity contribution in [1.82, 2.24) is 20.3 Å². The van der Waals surface area contributed by atoms with E-state index in [1.165, 1.54) is 5.69 Å². The van der Waals surface area contributed by atoms with Crippen molar-refractivity contribution in [2.45, 2.75) is 37.9 Å². The van der Waals surface area contributed by atoms with Crippen molar-refractivity contribution in [2.75, 3.05) is 43.0 Å². The molecule has 0 aliphatic carbocycles. The molecule has 1 spiro atoms. The van der Waals surface area contributed by atoms with Crippen LogP contribution in [0, 0.1) is 0 Å². The van der Waals surface area contributed by atoms with Crippen molar-refractivity contribution in [3.05, 3.63) is 54.5 Å². The summed E-state index contributed by atoms with van der Waals surface area (Å²) in [6.07, 6.45) is 5.07. The maximum absolute atomic E-state index is 6.59. The van der Waals surface area contributed by atoms with Crippen LogP contribution in [0.1, 0.15) is 32.4 Å². The van der Waals surface area contributed by atoms with E-state index in [-0.39, 0.29) is 5.60 Å². The summed E-state index contributed by atoms with van der Waals surface area (Å²) in [5.74, 6) is 1.20. The van der Waals surface area contributed by atoms with Gasteiger partial charge >= 0.3 is 0 Å². The molecule has 8 nitrogen and oxygen atoms in total. The monoisotopic (exact) mass is 458 g/mol. The van der Waals surface area contributed by atoms with E-state index in [0.29, 0.717) is 24.9 Å². The summed E-state index contributed by atoms with van der Waals surface area (Å²) in [7, 11) is 0. The molecule has 0 amide bonds. The zero-order valence-electron chi connectivity index (χ0n) is 19.7. The first-order chi connectivity index (χ1) is 16.5. The minimum absolute atomic E-state index is 0.319. The number of ether oxygens (including phenoxy) is 2. The molecule has 1 unspecified atom stereocenters. The Labute approximate surface area is 199 Å². The fourth-order valence-corrected chi connectivity index (χ4v) is 5.31. The van der Waals surface area contributed by atoms with Crippen molar-refractivity contribution in [3.8, 4) is 17.0 Å². The van der Waals surface area contributed by atoms with E-state index in [2.05, 4.69) is 63.6 Å². The lowest BCUT2D eigenvalue weighted by Crippen LogP contribution is -2.49. The predicted molar refractivity (Wildman–Crippen MR) is 132 cm³/mol. The van der Waals surface area contributed by atoms with Crippen molar-refractivity contribution in [2.24, 2.45) is 0 Å². The zero-order chi connectivity index (χ0) is 23.2. The van der Waals surface area contributed by atoms with Gasteiger partial charge in [0.1, 0.15) is 0 Å². The molecule has 176 valence electrons. The summed E-state index contributed by atoms with van der Waals surface area (Å²) in [5, 5.41) is 6.79. The molecule has 2 aromatic heterocycles. The molecule has 6 rings (SSSR count). The Morgan fingerprint density at radius 1 is 1.03 bits per heavy atom. The maximum atomic E-state index is 6.59. The van der Waals surface area contributed by atoms with Crippen molar-refractivity contribution < 1.29 is 9.47 Å². The van der Waals surface area contributed by atoms with E-state index in [4.69, 9.17) is 14.5 Å². The highest BCUT2D eigenvalue weighted by atomic mass is 16.5. The average Bonchev–Trinajstić information content (AvgIpc) is 2.85. The number of nitrogens with zero attached hydrogens (tertiary/aromatic N) is 4. The van der Waals surface area contributed by atoms with Crippen molar-refractivity contribution in [1.29, 1.82) is 0 Å². The highest BCUT2D eigenvalue weighted by molar-refractivity contribution is 5.74. The van der Waals surface area contributed by atoms with Crippen LogP contribution in [-0.2, 0) is 10.3 Å². The summed E-state index contributed by atoms with van der Waals surface area (Å²) in [5.41, 5.74) is 4.09. The lowest BCUT2D eigenvalue weighted by atomic mass is 9.78. The van der Waals surface area contributed by atoms with Crippen LogP contribution in [0.4, 0.5) is 17.3 Å². The van der Waals surface area contributed by atoms with Gasteiger partial charge in [0.25, 0.3) is 0 Å². The Balaban J connectivity index is 1.33. The molecule has 2 saturated heterocycles. The van der Waals surface area contributed by atoms with Gasteiger partial charge in [0, 0.05) is 73.9 Å². The van der Waals surface area contributed by atoms with E-state index in [1.54, 1.807) is 6.20 Å². The number of hydrogen-bond acceptors (Lipinski definition) is 8. The minimum Gasteiger partial charge on any atom is -0.464 e. The SMILES string of the molecule is CC1(C)CC2(CCO1)Oc1ncccc1-c1cnc(Nc3ccc(N4CCNCC4)cc3)nc12. The van der Waals surface area contributed by atoms with Gasteiger partial charge in [0.2, 0.25) is 11.8 Å². The van der Waals surface area contributed by atoms with Gasteiger partial charge in [0.15, 0.2) is 5.60 Å². The quantitative estimate of drug-likeness (QED) is 0.612. The highest BCUT2D eigenvalue weighted by Gasteiger charge is 2.49. The molecule has 8 heteroatoms. The third-order valence-corrected chi connectivity index (χ3v) is 6.89. The topological polar surface area (TPSA) is 84.4 Å². The number of anilines is 3. The number of aromatic nitrogens is 3. The predicted octanol–water partition coefficient (Wildman–Crippen LogP) is 3.87. The van der Waals surface area contributed by atoms with Crippen molar-refractivity contribution in [3.63, 3.8) is 0 Å². The second kappa shape index (κ2) is 8.21. The van der Waals surface area contributed by atoms with Crippen LogP contribution < -0.4 is 20.3 Å². The van der Waals surface area contributed by atoms with Crippen LogP contribution >= 0.6 is 0 Å². The molecule has 2 fully saturated rings. The largest absolute Gasteiger partial charge is 0.464 e. The highest BCUT2D eigenvalue weighted by Crippen LogP contribution is 2.50. The smallest absolute Gasteiger partial charge is 0.227 e. The number of fused-ring (bicyclic) bond motifs is 4. The van der Waals surface area contributed by atoms with E-state index < -0.39 is 5.60 Å². The second-order valence-corrected chi connectivity index (χ2v) is 9.85. The normalized spacial score (nSPS) is 23.1. The van der Waals surface area contributed by atoms with Gasteiger partial charge < -0.3 is 25.0 Å². The van der Waals surface area contributed by atoms with Gasteiger partial charge in [-0.2, -0.15) is 0 Å². The molecule has 3 aromatic rings. The molecule has 34 heavy (non-hydrogen) atoms. The first-order valence-electron chi connectivity index (χ1n) is 12.0. The Kier molecular flexibility index (Phi) is 5.15. The lowest BCUT2D eigenvalue weighted by Gasteiger charge is -2.46. The van der Waals surface area contributed by atoms with Gasteiger partial charge in [-0.1, -0.05) is 0 Å². The summed E-state index contributed by atoms with van der Waals surface area (Å²) in [4.78, 5) is 16.6. The van der Waals surface area contributed by atoms with Gasteiger partial charge in [-0.15, -0.1) is 0 Å². The third kappa shape index (κ3) is 3.86. The number of piperazine rings is 1. The number of hydrogen-bond donors (Lipinski definition) is 2. The molecule has 1 atom stereocenters. The van der Waals surface area contributed by atoms with Gasteiger partial charge in [0.05, 0.1) is 17.9 Å². The Hall–Kier alpha value is -3.23. The number of pyridine rings is 1. The van der Waals surface area contributed by atoms with Crippen LogP contribution in [0.25, 0.3) is 11.1 Å². The lowest BCUT2D eigenvalue weighted by molar-refractivity contribution is -0.140. The molecule has 0 bridgehead atoms. The fourth-order valence-electron chi connectivity index (χ4n) is 5.31. The van der Waals surface area contributed by atoms with Crippen LogP contribution in [-0.4, -0.2) is 53.3 Å². The van der Waals surface area contributed by atoms with Gasteiger partial charge in [-0.25, -0.2) is 15.0 Å². The molecule has 2 N–H and O–H groups in total. The summed E-state index contributed by atoms with van der Waals surface area (Å²) in [6.45, 7) is 8.91. The third-order valence-electron chi connectivity index (χ3n) is 6.89. The van der Waals surface area contributed by atoms with Crippen molar-refractivity contribution >= 4 is 17.3 Å². The molecule has 3 aliphatic heterocycles. The first kappa shape index (κ1) is 21.3. The van der Waals surface area contributed by atoms with Gasteiger partial charge in [-0.3, -0.25) is 0 Å². The number of benzene rings is 1. The van der Waals surface area contributed by atoms with E-state index >= 15 is 0 Å². The summed E-state index contributed by atoms with van der Waals surface area (Å²) < 4.78 is 12.6. The van der Waals surface area contributed by atoms with E-state index in [1.807, 2.05) is 18.3 Å². The Morgan fingerprint density at radius 3 is 2.65 bits per heavy atom. The minimum atomic E-state index is -0.593. The molecule has 1 aromatic carbocycles. The van der Waals surface area contributed by atoms with E-state index in [0.717, 1.165) is 55.1 Å². The summed E-state index contributed by atoms with van der Waals surface area (Å²) in [6, 6.07) is 12.4. The molecular formula is C26H30N6O2. The molecular weight excluding hydrogens is 428 g/mol. The second-order valence-electron chi connectivity index (χ2n) is 9.85. The van der Waals surface area contributed by atoms with Crippen LogP contribution in [0.5, 0.6) is 5.88 Å². The Morgan fingerprint density at radius 2 is 1.85 bits per heavy atom. The van der Waals surface area contributed by atoms with Crippen LogP contribution in [0.3, 0.4) is 0 Å².